The number of hydrogen-bond acceptors (Lipinski definition) is 7. The molecule has 0 radical (unpaired) electrons. The molecular formula is C29H50N4O5S3. The predicted molar refractivity (Wildman–Crippen MR) is 177 cm³/mol. The van der Waals surface area contributed by atoms with E-state index in [0.717, 1.165) is 37.9 Å². The number of hydrogen-bond donors (Lipinski definition) is 1. The van der Waals surface area contributed by atoms with Crippen LogP contribution in [0.1, 0.15) is 57.8 Å². The molecule has 0 aromatic heterocycles. The highest BCUT2D eigenvalue weighted by molar-refractivity contribution is 7.59. The zero-order valence-electron chi connectivity index (χ0n) is 23.9. The summed E-state index contributed by atoms with van der Waals surface area (Å²) in [4.78, 5) is 46.0. The fraction of sp³-hybridized carbons (Fsp3) is 0.690. The highest BCUT2D eigenvalue weighted by Crippen LogP contribution is 2.32. The number of carbonyl (C=O) groups excluding carboxylic acids is 3. The van der Waals surface area contributed by atoms with Gasteiger partial charge in [0.05, 0.1) is 6.54 Å². The molecule has 0 unspecified atom stereocenters. The van der Waals surface area contributed by atoms with E-state index in [9.17, 15) is 14.4 Å². The molecule has 1 N–H and O–H groups in total. The van der Waals surface area contributed by atoms with Gasteiger partial charge >= 0.3 is 0 Å². The van der Waals surface area contributed by atoms with Crippen LogP contribution in [-0.2, 0) is 19.1 Å². The van der Waals surface area contributed by atoms with E-state index in [2.05, 4.69) is 15.1 Å². The van der Waals surface area contributed by atoms with Gasteiger partial charge in [-0.15, -0.1) is 0 Å². The number of nitrogens with zero attached hydrogens (tertiary/aromatic N) is 3. The molecule has 1 aliphatic carbocycles. The van der Waals surface area contributed by atoms with E-state index >= 15 is 0 Å². The molecule has 41 heavy (non-hydrogen) atoms. The minimum absolute atomic E-state index is 0. The van der Waals surface area contributed by atoms with Crippen molar-refractivity contribution in [1.82, 2.24) is 15.1 Å². The Morgan fingerprint density at radius 3 is 2.20 bits per heavy atom. The van der Waals surface area contributed by atoms with Gasteiger partial charge in [0.1, 0.15) is 30.9 Å². The van der Waals surface area contributed by atoms with Crippen LogP contribution in [0.4, 0.5) is 5.69 Å². The third-order valence-electron chi connectivity index (χ3n) is 8.02. The number of likely N-dealkylation sites (tertiary alicyclic amines) is 1. The van der Waals surface area contributed by atoms with E-state index in [1.807, 2.05) is 45.0 Å². The van der Waals surface area contributed by atoms with Crippen molar-refractivity contribution in [1.29, 1.82) is 0 Å². The number of Topliss-reactive ketones (excluding diaryl/α,β-unsaturated/α-hetero) is 1. The number of nitrogens with one attached hydrogen (secondary N) is 1. The summed E-state index contributed by atoms with van der Waals surface area (Å²) in [5, 5.41) is 2.97. The summed E-state index contributed by atoms with van der Waals surface area (Å²) < 4.78 is 11.1. The largest absolute Gasteiger partial charge is 0.377 e. The highest BCUT2D eigenvalue weighted by atomic mass is 32.1. The number of anilines is 1. The Morgan fingerprint density at radius 1 is 1.05 bits per heavy atom. The van der Waals surface area contributed by atoms with Crippen LogP contribution in [0.15, 0.2) is 24.3 Å². The molecule has 1 aromatic rings. The van der Waals surface area contributed by atoms with Gasteiger partial charge in [0, 0.05) is 50.6 Å². The zero-order valence-corrected chi connectivity index (χ0v) is 26.9. The maximum Gasteiger partial charge on any atom is 0.251 e. The van der Waals surface area contributed by atoms with Crippen LogP contribution in [0.3, 0.4) is 0 Å². The Hall–Kier alpha value is -1.44. The van der Waals surface area contributed by atoms with Crippen molar-refractivity contribution < 1.29 is 23.9 Å². The van der Waals surface area contributed by atoms with E-state index in [1.165, 1.54) is 12.8 Å². The fourth-order valence-corrected chi connectivity index (χ4v) is 5.91. The van der Waals surface area contributed by atoms with Gasteiger partial charge in [-0.2, -0.15) is 40.5 Å². The lowest BCUT2D eigenvalue weighted by Gasteiger charge is -2.36. The van der Waals surface area contributed by atoms with Crippen LogP contribution in [0.2, 0.25) is 0 Å². The lowest BCUT2D eigenvalue weighted by Crippen LogP contribution is -2.53. The number of ether oxygens (including phenoxy) is 2. The molecule has 3 aliphatic heterocycles. The van der Waals surface area contributed by atoms with Gasteiger partial charge in [-0.25, -0.2) is 0 Å². The van der Waals surface area contributed by atoms with E-state index in [-0.39, 0.29) is 90.2 Å². The third-order valence-corrected chi connectivity index (χ3v) is 8.02. The predicted octanol–water partition coefficient (Wildman–Crippen LogP) is 2.67. The first-order valence-corrected chi connectivity index (χ1v) is 13.5. The van der Waals surface area contributed by atoms with Gasteiger partial charge in [0.15, 0.2) is 5.78 Å². The molecule has 4 fully saturated rings. The molecule has 4 atom stereocenters. The molecule has 3 saturated heterocycles. The number of methoxy groups -OCH3 is 1. The Labute approximate surface area is 266 Å². The van der Waals surface area contributed by atoms with Gasteiger partial charge in [-0.05, 0) is 48.9 Å². The van der Waals surface area contributed by atoms with Crippen molar-refractivity contribution in [2.24, 2.45) is 5.41 Å². The molecule has 3 heterocycles. The summed E-state index contributed by atoms with van der Waals surface area (Å²) in [6.45, 7) is 10.5. The Balaban J connectivity index is 0.00000210. The van der Waals surface area contributed by atoms with Crippen LogP contribution >= 0.6 is 40.5 Å². The van der Waals surface area contributed by atoms with Crippen LogP contribution in [0.25, 0.3) is 0 Å². The van der Waals surface area contributed by atoms with E-state index < -0.39 is 18.2 Å². The molecule has 1 saturated carbocycles. The van der Waals surface area contributed by atoms with Crippen LogP contribution in [-0.4, -0.2) is 104 Å². The van der Waals surface area contributed by atoms with Crippen LogP contribution in [0.5, 0.6) is 0 Å². The average Bonchev–Trinajstić information content (AvgIpc) is 3.56. The molecule has 0 bridgehead atoms. The molecule has 4 aliphatic rings. The summed E-state index contributed by atoms with van der Waals surface area (Å²) in [6.07, 6.45) is 2.30. The lowest BCUT2D eigenvalue weighted by atomic mass is 9.87. The Bertz CT molecular complexity index is 1030. The molecule has 234 valence electrons. The van der Waals surface area contributed by atoms with Crippen molar-refractivity contribution in [2.45, 2.75) is 77.8 Å². The van der Waals surface area contributed by atoms with Crippen molar-refractivity contribution in [2.75, 3.05) is 51.3 Å². The number of ketones is 1. The lowest BCUT2D eigenvalue weighted by molar-refractivity contribution is -0.138. The second kappa shape index (κ2) is 15.3. The normalized spacial score (nSPS) is 24.7. The molecule has 12 heteroatoms. The molecule has 2 amide bonds. The molecule has 1 aromatic carbocycles. The first-order valence-electron chi connectivity index (χ1n) is 13.5. The quantitative estimate of drug-likeness (QED) is 0.496. The smallest absolute Gasteiger partial charge is 0.251 e. The van der Waals surface area contributed by atoms with Gasteiger partial charge in [0.25, 0.3) is 5.91 Å². The fourth-order valence-electron chi connectivity index (χ4n) is 5.91. The van der Waals surface area contributed by atoms with Crippen LogP contribution in [0, 0.1) is 5.41 Å². The van der Waals surface area contributed by atoms with Crippen molar-refractivity contribution in [3.05, 3.63) is 29.8 Å². The number of piperazine rings is 1. The first-order chi connectivity index (χ1) is 17.6. The van der Waals surface area contributed by atoms with E-state index in [4.69, 9.17) is 9.47 Å². The SMILES string of the molecule is C.CO[C@@H]1CN(C(=O)[C@H](CC(C)(C)C)NC(=O)c2ccc(N3CCN(C4CC4)CC3)cc2)[C@@H]2C(=O)CO[C@@H]21.S.S.S. The van der Waals surface area contributed by atoms with Gasteiger partial charge in [0.2, 0.25) is 5.91 Å². The summed E-state index contributed by atoms with van der Waals surface area (Å²) in [6, 6.07) is 7.03. The average molecular weight is 631 g/mol. The topological polar surface area (TPSA) is 91.4 Å². The highest BCUT2D eigenvalue weighted by Gasteiger charge is 2.53. The van der Waals surface area contributed by atoms with Gasteiger partial charge < -0.3 is 24.6 Å². The number of fused-ring (bicyclic) bond motifs is 1. The van der Waals surface area contributed by atoms with E-state index in [1.54, 1.807) is 12.0 Å². The summed E-state index contributed by atoms with van der Waals surface area (Å²) in [5.74, 6) is -0.671. The van der Waals surface area contributed by atoms with Crippen molar-refractivity contribution in [3.63, 3.8) is 0 Å². The summed E-state index contributed by atoms with van der Waals surface area (Å²) in [7, 11) is 1.56. The molecule has 0 spiro atoms. The van der Waals surface area contributed by atoms with Gasteiger partial charge in [-0.1, -0.05) is 28.2 Å². The maximum absolute atomic E-state index is 13.7. The van der Waals surface area contributed by atoms with Gasteiger partial charge in [-0.3, -0.25) is 19.3 Å². The zero-order chi connectivity index (χ0) is 26.3. The maximum atomic E-state index is 13.7. The molecular weight excluding hydrogens is 581 g/mol. The number of rotatable bonds is 7. The Kier molecular flexibility index (Phi) is 14.1. The van der Waals surface area contributed by atoms with Crippen molar-refractivity contribution >= 4 is 63.8 Å². The second-order valence-electron chi connectivity index (χ2n) is 12.0. The number of carbonyl (C=O) groups is 3. The number of amides is 2. The summed E-state index contributed by atoms with van der Waals surface area (Å²) >= 11 is 0. The first kappa shape index (κ1) is 37.6. The molecule has 9 nitrogen and oxygen atoms in total. The van der Waals surface area contributed by atoms with Crippen LogP contribution < -0.4 is 10.2 Å². The summed E-state index contributed by atoms with van der Waals surface area (Å²) in [5.41, 5.74) is 1.42. The standard InChI is InChI=1S/C28H40N4O5.CH4.3H2S/c1-28(2,3)15-21(27(35)32-16-23(36-4)25-24(32)22(33)17-37-25)29-26(34)18-5-7-19(8-6-18)30-11-13-31(14-12-30)20-9-10-20;;;;/h5-8,20-21,23-25H,9-17H2,1-4H3,(H,29,34);1H4;3*1H2/t21-,23+,24+,25+;;;;/m0..../s1. The molecule has 5 rings (SSSR count). The third kappa shape index (κ3) is 8.57. The Morgan fingerprint density at radius 2 is 1.66 bits per heavy atom. The second-order valence-corrected chi connectivity index (χ2v) is 12.0. The van der Waals surface area contributed by atoms with E-state index in [0.29, 0.717) is 12.0 Å². The minimum atomic E-state index is -0.757. The number of benzene rings is 1. The monoisotopic (exact) mass is 630 g/mol. The van der Waals surface area contributed by atoms with Crippen molar-refractivity contribution in [3.8, 4) is 0 Å². The minimum Gasteiger partial charge on any atom is -0.377 e.